The van der Waals surface area contributed by atoms with Gasteiger partial charge in [0.15, 0.2) is 0 Å². The summed E-state index contributed by atoms with van der Waals surface area (Å²) < 4.78 is 14.1. The second-order valence-corrected chi connectivity index (χ2v) is 7.60. The summed E-state index contributed by atoms with van der Waals surface area (Å²) in [5.41, 5.74) is 5.88. The van der Waals surface area contributed by atoms with Crippen LogP contribution in [0.2, 0.25) is 0 Å². The molecule has 0 aliphatic carbocycles. The minimum Gasteiger partial charge on any atom is -0.496 e. The summed E-state index contributed by atoms with van der Waals surface area (Å²) in [6.45, 7) is 6.13. The Hall–Kier alpha value is -3.94. The third kappa shape index (κ3) is 3.87. The lowest BCUT2D eigenvalue weighted by atomic mass is 10.0. The van der Waals surface area contributed by atoms with E-state index < -0.39 is 0 Å². The highest BCUT2D eigenvalue weighted by molar-refractivity contribution is 5.73. The van der Waals surface area contributed by atoms with Gasteiger partial charge in [0.05, 0.1) is 12.8 Å². The summed E-state index contributed by atoms with van der Waals surface area (Å²) >= 11 is 0. The highest BCUT2D eigenvalue weighted by atomic mass is 16.5. The molecule has 0 spiro atoms. The molecular weight excluding hydrogens is 406 g/mol. The predicted molar refractivity (Wildman–Crippen MR) is 121 cm³/mol. The molecule has 2 heterocycles. The van der Waals surface area contributed by atoms with Crippen LogP contribution >= 0.6 is 0 Å². The highest BCUT2D eigenvalue weighted by Gasteiger charge is 2.16. The number of benzene rings is 2. The lowest BCUT2D eigenvalue weighted by Crippen LogP contribution is -2.23. The summed E-state index contributed by atoms with van der Waals surface area (Å²) in [4.78, 5) is 17.1. The van der Waals surface area contributed by atoms with Crippen molar-refractivity contribution in [1.82, 2.24) is 24.8 Å². The van der Waals surface area contributed by atoms with Gasteiger partial charge in [-0.25, -0.2) is 9.78 Å². The van der Waals surface area contributed by atoms with Gasteiger partial charge in [0.25, 0.3) is 0 Å². The first-order valence-corrected chi connectivity index (χ1v) is 10.2. The second kappa shape index (κ2) is 8.66. The maximum Gasteiger partial charge on any atom is 0.368 e. The van der Waals surface area contributed by atoms with Crippen LogP contribution in [0.3, 0.4) is 0 Å². The number of hydrogen-bond donors (Lipinski definition) is 0. The van der Waals surface area contributed by atoms with Gasteiger partial charge in [-0.15, -0.1) is 0 Å². The number of aromatic nitrogens is 5. The third-order valence-electron chi connectivity index (χ3n) is 5.44. The lowest BCUT2D eigenvalue weighted by Gasteiger charge is -2.16. The minimum absolute atomic E-state index is 0.242. The Morgan fingerprint density at radius 1 is 0.938 bits per heavy atom. The van der Waals surface area contributed by atoms with Crippen molar-refractivity contribution in [2.24, 2.45) is 7.05 Å². The van der Waals surface area contributed by atoms with E-state index in [0.29, 0.717) is 11.6 Å². The van der Waals surface area contributed by atoms with Gasteiger partial charge < -0.3 is 9.47 Å². The average molecular weight is 431 g/mol. The molecule has 0 aliphatic rings. The van der Waals surface area contributed by atoms with Gasteiger partial charge in [0.2, 0.25) is 5.88 Å². The molecule has 4 aromatic rings. The molecule has 0 bridgehead atoms. The lowest BCUT2D eigenvalue weighted by molar-refractivity contribution is 0.290. The number of nitrogens with zero attached hydrogens (tertiary/aromatic N) is 5. The van der Waals surface area contributed by atoms with Crippen molar-refractivity contribution in [2.75, 3.05) is 7.11 Å². The van der Waals surface area contributed by atoms with Crippen LogP contribution in [-0.4, -0.2) is 31.9 Å². The van der Waals surface area contributed by atoms with E-state index in [9.17, 15) is 4.79 Å². The Morgan fingerprint density at radius 2 is 1.72 bits per heavy atom. The molecule has 0 atom stereocenters. The SMILES string of the molecule is COc1ccccc1-c1cc(C)c(OCc2c(C)cccc2-n2nnn(C)c2=O)nc1C. The quantitative estimate of drug-likeness (QED) is 0.464. The van der Waals surface area contributed by atoms with E-state index in [1.54, 1.807) is 14.2 Å². The smallest absolute Gasteiger partial charge is 0.368 e. The molecule has 8 heteroatoms. The van der Waals surface area contributed by atoms with Crippen LogP contribution in [0.15, 0.2) is 53.3 Å². The first-order chi connectivity index (χ1) is 15.4. The summed E-state index contributed by atoms with van der Waals surface area (Å²) in [7, 11) is 3.23. The molecule has 4 rings (SSSR count). The van der Waals surface area contributed by atoms with Crippen molar-refractivity contribution in [2.45, 2.75) is 27.4 Å². The molecule has 0 unspecified atom stereocenters. The summed E-state index contributed by atoms with van der Waals surface area (Å²) in [6.07, 6.45) is 0. The Balaban J connectivity index is 1.67. The van der Waals surface area contributed by atoms with Gasteiger partial charge in [-0.3, -0.25) is 0 Å². The zero-order valence-electron chi connectivity index (χ0n) is 18.8. The van der Waals surface area contributed by atoms with Crippen molar-refractivity contribution < 1.29 is 9.47 Å². The van der Waals surface area contributed by atoms with Gasteiger partial charge in [-0.2, -0.15) is 9.36 Å². The molecule has 0 aliphatic heterocycles. The summed E-state index contributed by atoms with van der Waals surface area (Å²) in [5.74, 6) is 1.34. The largest absolute Gasteiger partial charge is 0.496 e. The number of tetrazole rings is 1. The molecule has 0 saturated carbocycles. The topological polar surface area (TPSA) is 84.1 Å². The molecule has 164 valence electrons. The van der Waals surface area contributed by atoms with Gasteiger partial charge in [0, 0.05) is 35.0 Å². The van der Waals surface area contributed by atoms with Crippen molar-refractivity contribution in [3.8, 4) is 28.4 Å². The van der Waals surface area contributed by atoms with Crippen LogP contribution in [0.5, 0.6) is 11.6 Å². The number of para-hydroxylation sites is 1. The Morgan fingerprint density at radius 3 is 2.44 bits per heavy atom. The third-order valence-corrected chi connectivity index (χ3v) is 5.44. The van der Waals surface area contributed by atoms with Crippen LogP contribution in [-0.2, 0) is 13.7 Å². The first kappa shape index (κ1) is 21.3. The molecule has 0 N–H and O–H groups in total. The first-order valence-electron chi connectivity index (χ1n) is 10.2. The van der Waals surface area contributed by atoms with Gasteiger partial charge >= 0.3 is 5.69 Å². The Bertz CT molecular complexity index is 1340. The number of methoxy groups -OCH3 is 1. The fourth-order valence-electron chi connectivity index (χ4n) is 3.65. The molecule has 0 radical (unpaired) electrons. The number of rotatable bonds is 6. The number of pyridine rings is 1. The standard InChI is InChI=1S/C24H25N5O3/c1-15-9-8-11-21(29-24(30)28(4)26-27-29)20(15)14-32-23-16(2)13-19(17(3)25-23)18-10-6-7-12-22(18)31-5/h6-13H,14H2,1-5H3. The zero-order chi connectivity index (χ0) is 22.8. The van der Waals surface area contributed by atoms with Crippen LogP contribution < -0.4 is 15.2 Å². The van der Waals surface area contributed by atoms with Crippen molar-refractivity contribution in [3.05, 3.63) is 81.4 Å². The minimum atomic E-state index is -0.317. The summed E-state index contributed by atoms with van der Waals surface area (Å²) in [5, 5.41) is 7.78. The maximum atomic E-state index is 12.4. The van der Waals surface area contributed by atoms with E-state index in [1.807, 2.05) is 63.2 Å². The van der Waals surface area contributed by atoms with Gasteiger partial charge in [0.1, 0.15) is 12.4 Å². The van der Waals surface area contributed by atoms with Crippen LogP contribution in [0.1, 0.15) is 22.4 Å². The highest BCUT2D eigenvalue weighted by Crippen LogP contribution is 2.34. The molecule has 0 saturated heterocycles. The molecule has 8 nitrogen and oxygen atoms in total. The Kier molecular flexibility index (Phi) is 5.77. The van der Waals surface area contributed by atoms with Gasteiger partial charge in [-0.1, -0.05) is 30.3 Å². The Labute approximate surface area is 186 Å². The predicted octanol–water partition coefficient (Wildman–Crippen LogP) is 3.54. The van der Waals surface area contributed by atoms with E-state index in [-0.39, 0.29) is 12.3 Å². The monoisotopic (exact) mass is 431 g/mol. The molecule has 0 amide bonds. The second-order valence-electron chi connectivity index (χ2n) is 7.60. The van der Waals surface area contributed by atoms with E-state index >= 15 is 0 Å². The van der Waals surface area contributed by atoms with E-state index in [1.165, 1.54) is 9.36 Å². The van der Waals surface area contributed by atoms with E-state index in [2.05, 4.69) is 16.5 Å². The molecule has 32 heavy (non-hydrogen) atoms. The van der Waals surface area contributed by atoms with Crippen LogP contribution in [0.4, 0.5) is 0 Å². The van der Waals surface area contributed by atoms with Gasteiger partial charge in [-0.05, 0) is 55.0 Å². The van der Waals surface area contributed by atoms with Crippen LogP contribution in [0, 0.1) is 20.8 Å². The summed E-state index contributed by atoms with van der Waals surface area (Å²) in [6, 6.07) is 15.6. The number of hydrogen-bond acceptors (Lipinski definition) is 6. The zero-order valence-corrected chi connectivity index (χ0v) is 18.8. The molecule has 2 aromatic heterocycles. The fourth-order valence-corrected chi connectivity index (χ4v) is 3.65. The molecule has 2 aromatic carbocycles. The normalized spacial score (nSPS) is 10.9. The molecular formula is C24H25N5O3. The number of aryl methyl sites for hydroxylation is 4. The molecule has 0 fully saturated rings. The number of ether oxygens (including phenoxy) is 2. The van der Waals surface area contributed by atoms with Crippen molar-refractivity contribution in [1.29, 1.82) is 0 Å². The van der Waals surface area contributed by atoms with Crippen molar-refractivity contribution >= 4 is 0 Å². The van der Waals surface area contributed by atoms with E-state index in [4.69, 9.17) is 14.5 Å². The van der Waals surface area contributed by atoms with E-state index in [0.717, 1.165) is 39.3 Å². The van der Waals surface area contributed by atoms with Crippen molar-refractivity contribution in [3.63, 3.8) is 0 Å². The maximum absolute atomic E-state index is 12.4. The fraction of sp³-hybridized carbons (Fsp3) is 0.250. The average Bonchev–Trinajstić information content (AvgIpc) is 3.12. The van der Waals surface area contributed by atoms with Crippen LogP contribution in [0.25, 0.3) is 16.8 Å².